The Hall–Kier alpha value is -1.97. The predicted octanol–water partition coefficient (Wildman–Crippen LogP) is 0.886. The Balaban J connectivity index is 0.00000149. The molecule has 1 rings (SSSR count). The van der Waals surface area contributed by atoms with E-state index < -0.39 is 24.0 Å². The van der Waals surface area contributed by atoms with Gasteiger partial charge < -0.3 is 15.2 Å². The fourth-order valence-corrected chi connectivity index (χ4v) is 1.46. The maximum Gasteiger partial charge on any atom is 0.351 e. The van der Waals surface area contributed by atoms with E-state index in [1.54, 1.807) is 19.3 Å². The summed E-state index contributed by atoms with van der Waals surface area (Å²) in [7, 11) is 0. The molecule has 0 amide bonds. The summed E-state index contributed by atoms with van der Waals surface area (Å²) < 4.78 is 11.6. The number of ether oxygens (including phenoxy) is 2. The van der Waals surface area contributed by atoms with Gasteiger partial charge in [0.05, 0.1) is 12.6 Å². The maximum absolute atomic E-state index is 11.7. The quantitative estimate of drug-likeness (QED) is 0.496. The molecule has 1 aromatic rings. The fraction of sp³-hybridized carbons (Fsp3) is 0.643. The number of nitrogens with two attached hydrogens (primary N) is 1. The van der Waals surface area contributed by atoms with Gasteiger partial charge >= 0.3 is 11.7 Å². The maximum atomic E-state index is 11.7. The van der Waals surface area contributed by atoms with Crippen LogP contribution in [0, 0.1) is 0 Å². The first-order valence-corrected chi connectivity index (χ1v) is 7.39. The Labute approximate surface area is 135 Å². The van der Waals surface area contributed by atoms with Crippen LogP contribution in [0.25, 0.3) is 0 Å². The van der Waals surface area contributed by atoms with Crippen LogP contribution in [0.4, 0.5) is 5.82 Å². The SMILES string of the molecule is CC(COC(=O)CN)OC(C)n1ccc(NO)nc1=O.CCC. The lowest BCUT2D eigenvalue weighted by Crippen LogP contribution is -2.31. The van der Waals surface area contributed by atoms with Gasteiger partial charge in [0.15, 0.2) is 5.82 Å². The average molecular weight is 330 g/mol. The van der Waals surface area contributed by atoms with E-state index in [1.807, 2.05) is 0 Å². The van der Waals surface area contributed by atoms with E-state index in [0.29, 0.717) is 0 Å². The Kier molecular flexibility index (Phi) is 10.6. The Morgan fingerprint density at radius 3 is 2.57 bits per heavy atom. The van der Waals surface area contributed by atoms with Crippen molar-refractivity contribution in [2.45, 2.75) is 46.4 Å². The van der Waals surface area contributed by atoms with Crippen LogP contribution in [0.1, 0.15) is 40.3 Å². The Morgan fingerprint density at radius 2 is 2.09 bits per heavy atom. The number of nitrogens with one attached hydrogen (secondary N) is 1. The minimum atomic E-state index is -0.602. The minimum absolute atomic E-state index is 0.0405. The fourth-order valence-electron chi connectivity index (χ4n) is 1.46. The first-order chi connectivity index (χ1) is 10.9. The van der Waals surface area contributed by atoms with Gasteiger partial charge in [0, 0.05) is 6.20 Å². The minimum Gasteiger partial charge on any atom is -0.462 e. The summed E-state index contributed by atoms with van der Waals surface area (Å²) in [6, 6.07) is 1.42. The van der Waals surface area contributed by atoms with E-state index in [2.05, 4.69) is 18.8 Å². The van der Waals surface area contributed by atoms with Crippen LogP contribution in [0.15, 0.2) is 17.1 Å². The lowest BCUT2D eigenvalue weighted by molar-refractivity contribution is -0.148. The van der Waals surface area contributed by atoms with Crippen LogP contribution >= 0.6 is 0 Å². The van der Waals surface area contributed by atoms with Gasteiger partial charge in [0.25, 0.3) is 0 Å². The summed E-state index contributed by atoms with van der Waals surface area (Å²) >= 11 is 0. The zero-order chi connectivity index (χ0) is 17.8. The summed E-state index contributed by atoms with van der Waals surface area (Å²) in [4.78, 5) is 26.1. The Morgan fingerprint density at radius 1 is 1.48 bits per heavy atom. The van der Waals surface area contributed by atoms with Gasteiger partial charge in [-0.15, -0.1) is 0 Å². The van der Waals surface area contributed by atoms with Crippen LogP contribution in [0.3, 0.4) is 0 Å². The van der Waals surface area contributed by atoms with Crippen molar-refractivity contribution in [2.75, 3.05) is 18.6 Å². The molecular weight excluding hydrogens is 304 g/mol. The molecule has 2 atom stereocenters. The van der Waals surface area contributed by atoms with Crippen molar-refractivity contribution >= 4 is 11.8 Å². The molecule has 2 unspecified atom stereocenters. The molecular formula is C14H26N4O5. The molecule has 9 nitrogen and oxygen atoms in total. The van der Waals surface area contributed by atoms with Gasteiger partial charge in [-0.1, -0.05) is 20.3 Å². The predicted molar refractivity (Wildman–Crippen MR) is 85.1 cm³/mol. The molecule has 0 aliphatic heterocycles. The topological polar surface area (TPSA) is 129 Å². The molecule has 0 aliphatic rings. The van der Waals surface area contributed by atoms with Crippen LogP contribution in [0.2, 0.25) is 0 Å². The highest BCUT2D eigenvalue weighted by atomic mass is 16.6. The van der Waals surface area contributed by atoms with Crippen LogP contribution < -0.4 is 16.9 Å². The first-order valence-electron chi connectivity index (χ1n) is 7.39. The van der Waals surface area contributed by atoms with Crippen molar-refractivity contribution < 1.29 is 19.5 Å². The molecule has 1 aromatic heterocycles. The van der Waals surface area contributed by atoms with Gasteiger partial charge in [-0.3, -0.25) is 20.0 Å². The zero-order valence-corrected chi connectivity index (χ0v) is 14.0. The molecule has 4 N–H and O–H groups in total. The molecule has 0 spiro atoms. The third-order valence-electron chi connectivity index (χ3n) is 2.41. The first kappa shape index (κ1) is 21.0. The van der Waals surface area contributed by atoms with Crippen molar-refractivity contribution in [1.29, 1.82) is 0 Å². The number of aromatic nitrogens is 2. The van der Waals surface area contributed by atoms with Crippen molar-refractivity contribution in [3.05, 3.63) is 22.7 Å². The van der Waals surface area contributed by atoms with E-state index in [9.17, 15) is 9.59 Å². The van der Waals surface area contributed by atoms with Gasteiger partial charge in [-0.2, -0.15) is 4.98 Å². The standard InChI is InChI=1S/C11H18N4O5.C3H8/c1-7(6-19-10(16)5-12)20-8(2)15-4-3-9(14-18)13-11(15)17;1-3-2/h3-4,7-8,18H,5-6,12H2,1-2H3,(H,13,14,17);3H2,1-2H3. The molecule has 132 valence electrons. The second-order valence-corrected chi connectivity index (χ2v) is 4.75. The summed E-state index contributed by atoms with van der Waals surface area (Å²) in [5.41, 5.74) is 6.30. The van der Waals surface area contributed by atoms with E-state index in [4.69, 9.17) is 20.4 Å². The molecule has 0 saturated heterocycles. The third kappa shape index (κ3) is 8.29. The smallest absolute Gasteiger partial charge is 0.351 e. The molecule has 23 heavy (non-hydrogen) atoms. The van der Waals surface area contributed by atoms with Gasteiger partial charge in [0.2, 0.25) is 0 Å². The number of hydrogen-bond donors (Lipinski definition) is 3. The molecule has 0 aromatic carbocycles. The Bertz CT molecular complexity index is 520. The van der Waals surface area contributed by atoms with Crippen molar-refractivity contribution in [3.63, 3.8) is 0 Å². The molecule has 9 heteroatoms. The third-order valence-corrected chi connectivity index (χ3v) is 2.41. The summed E-state index contributed by atoms with van der Waals surface area (Å²) in [5, 5.41) is 8.63. The second kappa shape index (κ2) is 11.6. The number of rotatable bonds is 7. The van der Waals surface area contributed by atoms with Gasteiger partial charge in [-0.05, 0) is 19.9 Å². The number of carbonyl (C=O) groups is 1. The van der Waals surface area contributed by atoms with E-state index >= 15 is 0 Å². The summed E-state index contributed by atoms with van der Waals surface area (Å²) in [6.45, 7) is 7.44. The van der Waals surface area contributed by atoms with Crippen LogP contribution in [-0.2, 0) is 14.3 Å². The zero-order valence-electron chi connectivity index (χ0n) is 14.0. The monoisotopic (exact) mass is 330 g/mol. The van der Waals surface area contributed by atoms with Crippen molar-refractivity contribution in [1.82, 2.24) is 9.55 Å². The van der Waals surface area contributed by atoms with E-state index in [0.717, 1.165) is 0 Å². The van der Waals surface area contributed by atoms with Crippen molar-refractivity contribution in [2.24, 2.45) is 5.73 Å². The summed E-state index contributed by atoms with van der Waals surface area (Å²) in [6.07, 6.45) is 1.66. The highest BCUT2D eigenvalue weighted by Crippen LogP contribution is 2.09. The molecule has 1 heterocycles. The average Bonchev–Trinajstić information content (AvgIpc) is 2.52. The highest BCUT2D eigenvalue weighted by Gasteiger charge is 2.13. The molecule has 0 aliphatic carbocycles. The summed E-state index contributed by atoms with van der Waals surface area (Å²) in [5.74, 6) is -0.478. The van der Waals surface area contributed by atoms with Crippen LogP contribution in [0.5, 0.6) is 0 Å². The van der Waals surface area contributed by atoms with E-state index in [-0.39, 0.29) is 19.0 Å². The van der Waals surface area contributed by atoms with Crippen LogP contribution in [-0.4, -0.2) is 40.0 Å². The number of carbonyl (C=O) groups excluding carboxylic acids is 1. The number of esters is 1. The molecule has 0 saturated carbocycles. The normalized spacial score (nSPS) is 12.6. The van der Waals surface area contributed by atoms with E-state index in [1.165, 1.54) is 23.3 Å². The molecule has 0 radical (unpaired) electrons. The van der Waals surface area contributed by atoms with Gasteiger partial charge in [-0.25, -0.2) is 4.79 Å². The number of nitrogens with zero attached hydrogens (tertiary/aromatic N) is 2. The number of hydrogen-bond acceptors (Lipinski definition) is 8. The lowest BCUT2D eigenvalue weighted by Gasteiger charge is -2.20. The lowest BCUT2D eigenvalue weighted by atomic mass is 10.4. The largest absolute Gasteiger partial charge is 0.462 e. The molecule has 0 bridgehead atoms. The van der Waals surface area contributed by atoms with Crippen molar-refractivity contribution in [3.8, 4) is 0 Å². The second-order valence-electron chi connectivity index (χ2n) is 4.75. The number of anilines is 1. The highest BCUT2D eigenvalue weighted by molar-refractivity contribution is 5.71. The van der Waals surface area contributed by atoms with Gasteiger partial charge in [0.1, 0.15) is 12.8 Å². The molecule has 0 fully saturated rings.